The third-order valence-electron chi connectivity index (χ3n) is 3.66. The fourth-order valence-electron chi connectivity index (χ4n) is 2.39. The molecule has 0 saturated carbocycles. The van der Waals surface area contributed by atoms with Crippen molar-refractivity contribution in [1.29, 1.82) is 0 Å². The van der Waals surface area contributed by atoms with E-state index in [0.717, 1.165) is 35.0 Å². The van der Waals surface area contributed by atoms with Gasteiger partial charge in [0.2, 0.25) is 5.91 Å². The van der Waals surface area contributed by atoms with Crippen LogP contribution in [0.2, 0.25) is 0 Å². The summed E-state index contributed by atoms with van der Waals surface area (Å²) in [6.45, 7) is 1.90. The number of hydrogen-bond acceptors (Lipinski definition) is 6. The first kappa shape index (κ1) is 16.6. The molecule has 1 atom stereocenters. The Morgan fingerprint density at radius 2 is 2.43 bits per heavy atom. The maximum atomic E-state index is 12.1. The van der Waals surface area contributed by atoms with E-state index in [4.69, 9.17) is 9.47 Å². The number of carbonyl (C=O) groups excluding carboxylic acids is 1. The van der Waals surface area contributed by atoms with Gasteiger partial charge >= 0.3 is 0 Å². The number of rotatable bonds is 7. The highest BCUT2D eigenvalue weighted by atomic mass is 32.1. The van der Waals surface area contributed by atoms with E-state index in [9.17, 15) is 4.79 Å². The van der Waals surface area contributed by atoms with Crippen LogP contribution in [0.3, 0.4) is 0 Å². The van der Waals surface area contributed by atoms with Crippen LogP contribution in [0.15, 0.2) is 22.9 Å². The Balaban J connectivity index is 1.44. The number of ether oxygens (including phenoxy) is 2. The van der Waals surface area contributed by atoms with Crippen molar-refractivity contribution in [2.45, 2.75) is 25.5 Å². The fraction of sp³-hybridized carbons (Fsp3) is 0.500. The van der Waals surface area contributed by atoms with Crippen LogP contribution in [0, 0.1) is 0 Å². The summed E-state index contributed by atoms with van der Waals surface area (Å²) in [5, 5.41) is 5.05. The topological polar surface area (TPSA) is 51.7 Å². The molecule has 1 amide bonds. The molecule has 1 unspecified atom stereocenters. The largest absolute Gasteiger partial charge is 0.376 e. The van der Waals surface area contributed by atoms with Crippen molar-refractivity contribution in [3.63, 3.8) is 0 Å². The molecule has 3 heterocycles. The Morgan fingerprint density at radius 3 is 3.17 bits per heavy atom. The number of carbonyl (C=O) groups is 1. The van der Waals surface area contributed by atoms with Crippen molar-refractivity contribution in [3.05, 3.63) is 28.6 Å². The predicted octanol–water partition coefficient (Wildman–Crippen LogP) is 3.03. The van der Waals surface area contributed by atoms with Gasteiger partial charge in [-0.05, 0) is 24.3 Å². The maximum Gasteiger partial charge on any atom is 0.248 e. The molecule has 0 radical (unpaired) electrons. The zero-order valence-electron chi connectivity index (χ0n) is 13.1. The summed E-state index contributed by atoms with van der Waals surface area (Å²) in [7, 11) is 1.78. The highest BCUT2D eigenvalue weighted by Crippen LogP contribution is 2.28. The highest BCUT2D eigenvalue weighted by Gasteiger charge is 2.17. The molecule has 3 rings (SSSR count). The molecule has 0 N–H and O–H groups in total. The minimum Gasteiger partial charge on any atom is -0.376 e. The van der Waals surface area contributed by atoms with Crippen molar-refractivity contribution < 1.29 is 14.3 Å². The molecule has 0 spiro atoms. The van der Waals surface area contributed by atoms with Gasteiger partial charge in [0.15, 0.2) is 0 Å². The van der Waals surface area contributed by atoms with Crippen molar-refractivity contribution in [2.75, 3.05) is 26.9 Å². The summed E-state index contributed by atoms with van der Waals surface area (Å²) in [5.41, 5.74) is 0.911. The second-order valence-corrected chi connectivity index (χ2v) is 7.33. The van der Waals surface area contributed by atoms with Gasteiger partial charge in [0.1, 0.15) is 11.6 Å². The Bertz CT molecular complexity index is 621. The number of likely N-dealkylation sites (N-methyl/N-ethyl adjacent to an activating group) is 1. The summed E-state index contributed by atoms with van der Waals surface area (Å²) < 4.78 is 10.9. The second-order valence-electron chi connectivity index (χ2n) is 5.52. The van der Waals surface area contributed by atoms with E-state index < -0.39 is 0 Å². The summed E-state index contributed by atoms with van der Waals surface area (Å²) in [4.78, 5) is 19.5. The first-order valence-corrected chi connectivity index (χ1v) is 9.40. The average Bonchev–Trinajstić information content (AvgIpc) is 3.29. The standard InChI is InChI=1S/C16H20N2O3S2/c1-18(15(19)10-20-9-13-4-2-6-21-13)8-12-11-23-16(17-12)14-5-3-7-22-14/h3,5,7,11,13H,2,4,6,8-10H2,1H3. The van der Waals surface area contributed by atoms with Crippen LogP contribution >= 0.6 is 22.7 Å². The molecule has 1 aliphatic rings. The second kappa shape index (κ2) is 8.01. The lowest BCUT2D eigenvalue weighted by Gasteiger charge is -2.16. The lowest BCUT2D eigenvalue weighted by molar-refractivity contribution is -0.136. The van der Waals surface area contributed by atoms with Crippen molar-refractivity contribution in [3.8, 4) is 9.88 Å². The predicted molar refractivity (Wildman–Crippen MR) is 91.7 cm³/mol. The van der Waals surface area contributed by atoms with E-state index in [0.29, 0.717) is 13.2 Å². The molecule has 7 heteroatoms. The van der Waals surface area contributed by atoms with E-state index in [1.54, 1.807) is 34.6 Å². The monoisotopic (exact) mass is 352 g/mol. The van der Waals surface area contributed by atoms with Gasteiger partial charge in [-0.2, -0.15) is 0 Å². The first-order valence-electron chi connectivity index (χ1n) is 7.64. The van der Waals surface area contributed by atoms with Crippen LogP contribution in [-0.4, -0.2) is 48.8 Å². The molecule has 0 aromatic carbocycles. The van der Waals surface area contributed by atoms with Crippen molar-refractivity contribution in [2.24, 2.45) is 0 Å². The highest BCUT2D eigenvalue weighted by molar-refractivity contribution is 7.20. The quantitative estimate of drug-likeness (QED) is 0.769. The zero-order valence-corrected chi connectivity index (χ0v) is 14.7. The smallest absolute Gasteiger partial charge is 0.248 e. The van der Waals surface area contributed by atoms with E-state index in [1.807, 2.05) is 16.8 Å². The zero-order chi connectivity index (χ0) is 16.1. The minimum absolute atomic E-state index is 0.0336. The molecule has 1 saturated heterocycles. The van der Waals surface area contributed by atoms with Gasteiger partial charge < -0.3 is 14.4 Å². The summed E-state index contributed by atoms with van der Waals surface area (Å²) in [6.07, 6.45) is 2.26. The van der Waals surface area contributed by atoms with E-state index in [2.05, 4.69) is 11.1 Å². The lowest BCUT2D eigenvalue weighted by atomic mass is 10.2. The van der Waals surface area contributed by atoms with Gasteiger partial charge in [-0.1, -0.05) is 6.07 Å². The Kier molecular flexibility index (Phi) is 5.77. The van der Waals surface area contributed by atoms with E-state index in [1.165, 1.54) is 0 Å². The van der Waals surface area contributed by atoms with Gasteiger partial charge in [-0.3, -0.25) is 4.79 Å². The Hall–Kier alpha value is -1.28. The van der Waals surface area contributed by atoms with Crippen molar-refractivity contribution in [1.82, 2.24) is 9.88 Å². The molecule has 1 fully saturated rings. The third kappa shape index (κ3) is 4.60. The normalized spacial score (nSPS) is 17.5. The molecule has 2 aromatic heterocycles. The van der Waals surface area contributed by atoms with Gasteiger partial charge in [0.25, 0.3) is 0 Å². The van der Waals surface area contributed by atoms with Crippen molar-refractivity contribution >= 4 is 28.6 Å². The van der Waals surface area contributed by atoms with Gasteiger partial charge in [0.05, 0.1) is 29.8 Å². The van der Waals surface area contributed by atoms with Crippen LogP contribution in [0.4, 0.5) is 0 Å². The van der Waals surface area contributed by atoms with Crippen LogP contribution in [0.5, 0.6) is 0 Å². The Labute approximate surface area is 143 Å². The summed E-state index contributed by atoms with van der Waals surface area (Å²) >= 11 is 3.28. The maximum absolute atomic E-state index is 12.1. The minimum atomic E-state index is -0.0336. The van der Waals surface area contributed by atoms with E-state index in [-0.39, 0.29) is 18.6 Å². The summed E-state index contributed by atoms with van der Waals surface area (Å²) in [6, 6.07) is 4.07. The number of hydrogen-bond donors (Lipinski definition) is 0. The molecule has 1 aliphatic heterocycles. The van der Waals surface area contributed by atoms with E-state index >= 15 is 0 Å². The fourth-order valence-corrected chi connectivity index (χ4v) is 4.01. The molecular formula is C16H20N2O3S2. The number of nitrogens with zero attached hydrogens (tertiary/aromatic N) is 2. The SMILES string of the molecule is CN(Cc1csc(-c2cccs2)n1)C(=O)COCC1CCCO1. The van der Waals surface area contributed by atoms with Crippen LogP contribution < -0.4 is 0 Å². The molecular weight excluding hydrogens is 332 g/mol. The van der Waals surface area contributed by atoms with Gasteiger partial charge in [-0.15, -0.1) is 22.7 Å². The van der Waals surface area contributed by atoms with Gasteiger partial charge in [0, 0.05) is 19.0 Å². The number of aromatic nitrogens is 1. The number of thiazole rings is 1. The average molecular weight is 352 g/mol. The first-order chi connectivity index (χ1) is 11.2. The van der Waals surface area contributed by atoms with Crippen LogP contribution in [0.1, 0.15) is 18.5 Å². The number of thiophene rings is 1. The molecule has 0 aliphatic carbocycles. The third-order valence-corrected chi connectivity index (χ3v) is 5.59. The summed E-state index contributed by atoms with van der Waals surface area (Å²) in [5.74, 6) is -0.0336. The van der Waals surface area contributed by atoms with Crippen LogP contribution in [-0.2, 0) is 20.8 Å². The Morgan fingerprint density at radius 1 is 1.52 bits per heavy atom. The lowest BCUT2D eigenvalue weighted by Crippen LogP contribution is -2.31. The van der Waals surface area contributed by atoms with Crippen LogP contribution in [0.25, 0.3) is 9.88 Å². The van der Waals surface area contributed by atoms with Gasteiger partial charge in [-0.25, -0.2) is 4.98 Å². The molecule has 2 aromatic rings. The molecule has 0 bridgehead atoms. The molecule has 23 heavy (non-hydrogen) atoms. The molecule has 5 nitrogen and oxygen atoms in total. The number of amides is 1. The molecule has 124 valence electrons.